The zero-order chi connectivity index (χ0) is 11.9. The van der Waals surface area contributed by atoms with Crippen LogP contribution in [0, 0.1) is 0 Å². The van der Waals surface area contributed by atoms with Crippen LogP contribution in [-0.4, -0.2) is 25.7 Å². The maximum atomic E-state index is 11.3. The van der Waals surface area contributed by atoms with E-state index in [9.17, 15) is 9.59 Å². The quantitative estimate of drug-likeness (QED) is 0.786. The number of hydrogen-bond donors (Lipinski definition) is 2. The second-order valence-electron chi connectivity index (χ2n) is 3.84. The van der Waals surface area contributed by atoms with Crippen molar-refractivity contribution in [1.29, 1.82) is 0 Å². The Bertz CT molecular complexity index is 609. The van der Waals surface area contributed by atoms with Crippen molar-refractivity contribution in [2.24, 2.45) is 0 Å². The van der Waals surface area contributed by atoms with Crippen molar-refractivity contribution < 1.29 is 9.90 Å². The Morgan fingerprint density at radius 3 is 2.75 bits per heavy atom. The number of nitrogens with zero attached hydrogens (tertiary/aromatic N) is 2. The zero-order valence-electron chi connectivity index (χ0n) is 8.89. The molecular weight excluding hydrogens is 210 g/mol. The number of aromatic carboxylic acids is 1. The molecule has 16 heavy (non-hydrogen) atoms. The number of aromatic nitrogens is 3. The summed E-state index contributed by atoms with van der Waals surface area (Å²) >= 11 is 0. The molecule has 6 heteroatoms. The number of nitrogens with one attached hydrogen (secondary N) is 1. The molecule has 0 saturated carbocycles. The SMILES string of the molecule is CC(C)c1cc(=O)[nH]c2cc(C(=O)O)nn12. The first-order valence-corrected chi connectivity index (χ1v) is 4.85. The van der Waals surface area contributed by atoms with E-state index in [1.54, 1.807) is 0 Å². The van der Waals surface area contributed by atoms with Crippen LogP contribution in [0.25, 0.3) is 5.65 Å². The molecule has 0 fully saturated rings. The first-order chi connectivity index (χ1) is 7.49. The molecule has 0 aliphatic rings. The standard InChI is InChI=1S/C10H11N3O3/c1-5(2)7-4-9(14)11-8-3-6(10(15)16)12-13(7)8/h3-5H,1-2H3,(H,11,14)(H,15,16). The van der Waals surface area contributed by atoms with Gasteiger partial charge in [-0.25, -0.2) is 9.31 Å². The first kappa shape index (κ1) is 10.4. The van der Waals surface area contributed by atoms with E-state index < -0.39 is 5.97 Å². The Kier molecular flexibility index (Phi) is 2.26. The summed E-state index contributed by atoms with van der Waals surface area (Å²) in [5.74, 6) is -1.02. The van der Waals surface area contributed by atoms with Crippen LogP contribution in [0.3, 0.4) is 0 Å². The second-order valence-corrected chi connectivity index (χ2v) is 3.84. The van der Waals surface area contributed by atoms with Gasteiger partial charge in [-0.2, -0.15) is 5.10 Å². The number of carboxylic acid groups (broad SMARTS) is 1. The molecule has 0 spiro atoms. The van der Waals surface area contributed by atoms with E-state index in [2.05, 4.69) is 10.1 Å². The van der Waals surface area contributed by atoms with Crippen LogP contribution in [-0.2, 0) is 0 Å². The van der Waals surface area contributed by atoms with Crippen LogP contribution in [0.4, 0.5) is 0 Å². The summed E-state index contributed by atoms with van der Waals surface area (Å²) in [5, 5.41) is 12.7. The summed E-state index contributed by atoms with van der Waals surface area (Å²) in [7, 11) is 0. The Morgan fingerprint density at radius 2 is 2.19 bits per heavy atom. The molecule has 2 heterocycles. The molecule has 2 aromatic rings. The molecule has 0 unspecified atom stereocenters. The number of aromatic amines is 1. The molecule has 0 aliphatic heterocycles. The average Bonchev–Trinajstić information content (AvgIpc) is 2.59. The van der Waals surface area contributed by atoms with Gasteiger partial charge in [-0.15, -0.1) is 0 Å². The fourth-order valence-corrected chi connectivity index (χ4v) is 1.54. The largest absolute Gasteiger partial charge is 0.476 e. The third-order valence-corrected chi connectivity index (χ3v) is 2.29. The molecule has 0 atom stereocenters. The number of carbonyl (C=O) groups is 1. The fraction of sp³-hybridized carbons (Fsp3) is 0.300. The lowest BCUT2D eigenvalue weighted by atomic mass is 10.1. The average molecular weight is 221 g/mol. The van der Waals surface area contributed by atoms with Crippen molar-refractivity contribution in [1.82, 2.24) is 14.6 Å². The monoisotopic (exact) mass is 221 g/mol. The maximum Gasteiger partial charge on any atom is 0.356 e. The summed E-state index contributed by atoms with van der Waals surface area (Å²) in [6, 6.07) is 2.77. The number of H-pyrrole nitrogens is 1. The second kappa shape index (κ2) is 3.48. The highest BCUT2D eigenvalue weighted by atomic mass is 16.4. The molecule has 0 saturated heterocycles. The van der Waals surface area contributed by atoms with Crippen molar-refractivity contribution in [3.8, 4) is 0 Å². The molecule has 6 nitrogen and oxygen atoms in total. The number of rotatable bonds is 2. The minimum Gasteiger partial charge on any atom is -0.476 e. The van der Waals surface area contributed by atoms with Gasteiger partial charge in [0.15, 0.2) is 5.69 Å². The van der Waals surface area contributed by atoms with Gasteiger partial charge < -0.3 is 10.1 Å². The first-order valence-electron chi connectivity index (χ1n) is 4.85. The molecule has 84 valence electrons. The van der Waals surface area contributed by atoms with Crippen LogP contribution >= 0.6 is 0 Å². The Labute approximate surface area is 90.5 Å². The number of fused-ring (bicyclic) bond motifs is 1. The van der Waals surface area contributed by atoms with Gasteiger partial charge in [-0.3, -0.25) is 4.79 Å². The summed E-state index contributed by atoms with van der Waals surface area (Å²) < 4.78 is 1.45. The molecule has 0 aromatic carbocycles. The van der Waals surface area contributed by atoms with Gasteiger partial charge in [-0.05, 0) is 5.92 Å². The van der Waals surface area contributed by atoms with Crippen molar-refractivity contribution in [3.05, 3.63) is 33.9 Å². The van der Waals surface area contributed by atoms with E-state index >= 15 is 0 Å². The summed E-state index contributed by atoms with van der Waals surface area (Å²) in [6.07, 6.45) is 0. The van der Waals surface area contributed by atoms with Crippen LogP contribution in [0.1, 0.15) is 35.9 Å². The fourth-order valence-electron chi connectivity index (χ4n) is 1.54. The molecule has 0 aliphatic carbocycles. The minimum absolute atomic E-state index is 0.0799. The van der Waals surface area contributed by atoms with Gasteiger partial charge >= 0.3 is 5.97 Å². The topological polar surface area (TPSA) is 87.5 Å². The molecule has 0 radical (unpaired) electrons. The highest BCUT2D eigenvalue weighted by Gasteiger charge is 2.13. The van der Waals surface area contributed by atoms with Crippen LogP contribution in [0.5, 0.6) is 0 Å². The van der Waals surface area contributed by atoms with E-state index in [0.717, 1.165) is 0 Å². The lowest BCUT2D eigenvalue weighted by Gasteiger charge is -2.06. The van der Waals surface area contributed by atoms with E-state index in [-0.39, 0.29) is 17.2 Å². The predicted octanol–water partition coefficient (Wildman–Crippen LogP) is 0.844. The van der Waals surface area contributed by atoms with E-state index in [4.69, 9.17) is 5.11 Å². The maximum absolute atomic E-state index is 11.3. The van der Waals surface area contributed by atoms with Crippen molar-refractivity contribution >= 4 is 11.6 Å². The van der Waals surface area contributed by atoms with E-state index in [0.29, 0.717) is 11.3 Å². The smallest absolute Gasteiger partial charge is 0.356 e. The normalized spacial score (nSPS) is 11.2. The molecule has 0 bridgehead atoms. The third kappa shape index (κ3) is 1.58. The van der Waals surface area contributed by atoms with Gasteiger partial charge in [0.25, 0.3) is 5.56 Å². The predicted molar refractivity (Wildman–Crippen MR) is 56.9 cm³/mol. The van der Waals surface area contributed by atoms with Crippen molar-refractivity contribution in [2.75, 3.05) is 0 Å². The summed E-state index contributed by atoms with van der Waals surface area (Å²) in [6.45, 7) is 3.83. The molecule has 2 rings (SSSR count). The lowest BCUT2D eigenvalue weighted by Crippen LogP contribution is -2.12. The zero-order valence-corrected chi connectivity index (χ0v) is 8.89. The Balaban J connectivity index is 2.80. The number of carboxylic acids is 1. The van der Waals surface area contributed by atoms with Crippen LogP contribution in [0.15, 0.2) is 16.9 Å². The molecule has 0 amide bonds. The molecular formula is C10H11N3O3. The lowest BCUT2D eigenvalue weighted by molar-refractivity contribution is 0.0690. The Hall–Kier alpha value is -2.11. The number of hydrogen-bond acceptors (Lipinski definition) is 3. The minimum atomic E-state index is -1.11. The van der Waals surface area contributed by atoms with Gasteiger partial charge in [-0.1, -0.05) is 13.8 Å². The van der Waals surface area contributed by atoms with Gasteiger partial charge in [0.2, 0.25) is 0 Å². The van der Waals surface area contributed by atoms with Crippen LogP contribution < -0.4 is 5.56 Å². The highest BCUT2D eigenvalue weighted by molar-refractivity contribution is 5.86. The van der Waals surface area contributed by atoms with Gasteiger partial charge in [0, 0.05) is 12.1 Å². The van der Waals surface area contributed by atoms with Crippen LogP contribution in [0.2, 0.25) is 0 Å². The van der Waals surface area contributed by atoms with Gasteiger partial charge in [0.1, 0.15) is 5.65 Å². The van der Waals surface area contributed by atoms with E-state index in [1.165, 1.54) is 16.6 Å². The summed E-state index contributed by atoms with van der Waals surface area (Å²) in [5.41, 5.74) is 0.747. The highest BCUT2D eigenvalue weighted by Crippen LogP contribution is 2.13. The van der Waals surface area contributed by atoms with E-state index in [1.807, 2.05) is 13.8 Å². The Morgan fingerprint density at radius 1 is 1.50 bits per heavy atom. The third-order valence-electron chi connectivity index (χ3n) is 2.29. The molecule has 2 aromatic heterocycles. The van der Waals surface area contributed by atoms with Crippen molar-refractivity contribution in [2.45, 2.75) is 19.8 Å². The summed E-state index contributed by atoms with van der Waals surface area (Å²) in [4.78, 5) is 24.7. The molecule has 2 N–H and O–H groups in total. The van der Waals surface area contributed by atoms with Crippen molar-refractivity contribution in [3.63, 3.8) is 0 Å². The van der Waals surface area contributed by atoms with Gasteiger partial charge in [0.05, 0.1) is 5.69 Å².